The average Bonchev–Trinajstić information content (AvgIpc) is 2.32. The van der Waals surface area contributed by atoms with Gasteiger partial charge in [-0.3, -0.25) is 0 Å². The molecule has 0 aliphatic carbocycles. The van der Waals surface area contributed by atoms with E-state index in [2.05, 4.69) is 4.90 Å². The molecule has 2 atom stereocenters. The van der Waals surface area contributed by atoms with Gasteiger partial charge in [-0.1, -0.05) is 6.92 Å². The minimum Gasteiger partial charge on any atom is -0.393 e. The molecule has 0 radical (unpaired) electrons. The van der Waals surface area contributed by atoms with Gasteiger partial charge in [0.1, 0.15) is 0 Å². The molecule has 1 aromatic carbocycles. The number of anilines is 1. The summed E-state index contributed by atoms with van der Waals surface area (Å²) in [5.41, 5.74) is 0.959. The highest BCUT2D eigenvalue weighted by molar-refractivity contribution is 7.89. The lowest BCUT2D eigenvalue weighted by Crippen LogP contribution is -2.41. The third kappa shape index (κ3) is 2.82. The van der Waals surface area contributed by atoms with Crippen molar-refractivity contribution in [1.29, 1.82) is 0 Å². The minimum atomic E-state index is -3.63. The van der Waals surface area contributed by atoms with E-state index < -0.39 is 10.0 Å². The maximum atomic E-state index is 11.1. The largest absolute Gasteiger partial charge is 0.393 e. The Kier molecular flexibility index (Phi) is 3.61. The van der Waals surface area contributed by atoms with Crippen LogP contribution in [0.4, 0.5) is 5.69 Å². The van der Waals surface area contributed by atoms with Crippen LogP contribution in [-0.2, 0) is 10.0 Å². The summed E-state index contributed by atoms with van der Waals surface area (Å²) in [6.07, 6.45) is 0.489. The SMILES string of the molecule is CC1CN(c2ccc(S(N)(=O)=O)cc2)CCC1O. The number of hydrogen-bond acceptors (Lipinski definition) is 4. The van der Waals surface area contributed by atoms with Crippen LogP contribution in [-0.4, -0.2) is 32.7 Å². The molecule has 100 valence electrons. The molecule has 18 heavy (non-hydrogen) atoms. The number of aliphatic hydroxyl groups is 1. The van der Waals surface area contributed by atoms with Crippen LogP contribution in [0.1, 0.15) is 13.3 Å². The first-order valence-corrected chi connectivity index (χ1v) is 7.48. The second-order valence-corrected chi connectivity index (χ2v) is 6.38. The van der Waals surface area contributed by atoms with Gasteiger partial charge in [0, 0.05) is 18.8 Å². The Hall–Kier alpha value is -1.11. The van der Waals surface area contributed by atoms with E-state index in [1.54, 1.807) is 12.1 Å². The molecule has 2 rings (SSSR count). The second-order valence-electron chi connectivity index (χ2n) is 4.82. The third-order valence-corrected chi connectivity index (χ3v) is 4.32. The van der Waals surface area contributed by atoms with Gasteiger partial charge in [0.15, 0.2) is 0 Å². The summed E-state index contributed by atoms with van der Waals surface area (Å²) in [6, 6.07) is 6.54. The van der Waals surface area contributed by atoms with Gasteiger partial charge in [-0.05, 0) is 36.6 Å². The zero-order chi connectivity index (χ0) is 13.3. The van der Waals surface area contributed by atoms with E-state index in [4.69, 9.17) is 5.14 Å². The van der Waals surface area contributed by atoms with Crippen molar-refractivity contribution in [1.82, 2.24) is 0 Å². The minimum absolute atomic E-state index is 0.122. The van der Waals surface area contributed by atoms with E-state index in [0.717, 1.165) is 25.2 Å². The van der Waals surface area contributed by atoms with E-state index in [-0.39, 0.29) is 16.9 Å². The molecule has 5 nitrogen and oxygen atoms in total. The number of rotatable bonds is 2. The van der Waals surface area contributed by atoms with E-state index in [0.29, 0.717) is 0 Å². The average molecular weight is 270 g/mol. The highest BCUT2D eigenvalue weighted by Gasteiger charge is 2.24. The Balaban J connectivity index is 2.16. The number of benzene rings is 1. The Morgan fingerprint density at radius 1 is 1.33 bits per heavy atom. The van der Waals surface area contributed by atoms with E-state index in [1.807, 2.05) is 6.92 Å². The summed E-state index contributed by atoms with van der Waals surface area (Å²) in [5.74, 6) is 0.219. The molecule has 0 amide bonds. The van der Waals surface area contributed by atoms with Crippen LogP contribution >= 0.6 is 0 Å². The Labute approximate surface area is 107 Å². The number of piperidine rings is 1. The maximum absolute atomic E-state index is 11.1. The molecule has 1 heterocycles. The summed E-state index contributed by atoms with van der Waals surface area (Å²) < 4.78 is 22.3. The molecule has 0 bridgehead atoms. The molecule has 1 aliphatic rings. The van der Waals surface area contributed by atoms with Gasteiger partial charge in [0.2, 0.25) is 10.0 Å². The number of nitrogens with zero attached hydrogens (tertiary/aromatic N) is 1. The summed E-state index contributed by atoms with van der Waals surface area (Å²) >= 11 is 0. The fourth-order valence-electron chi connectivity index (χ4n) is 2.21. The van der Waals surface area contributed by atoms with Gasteiger partial charge in [-0.2, -0.15) is 0 Å². The Morgan fingerprint density at radius 3 is 2.44 bits per heavy atom. The molecule has 1 aromatic rings. The van der Waals surface area contributed by atoms with E-state index in [9.17, 15) is 13.5 Å². The summed E-state index contributed by atoms with van der Waals surface area (Å²) in [7, 11) is -3.63. The molecule has 0 spiro atoms. The van der Waals surface area contributed by atoms with Crippen LogP contribution in [0.3, 0.4) is 0 Å². The topological polar surface area (TPSA) is 83.6 Å². The van der Waals surface area contributed by atoms with Crippen LogP contribution in [0, 0.1) is 5.92 Å². The van der Waals surface area contributed by atoms with Gasteiger partial charge in [-0.25, -0.2) is 13.6 Å². The van der Waals surface area contributed by atoms with Crippen LogP contribution in [0.25, 0.3) is 0 Å². The lowest BCUT2D eigenvalue weighted by atomic mass is 9.96. The number of hydrogen-bond donors (Lipinski definition) is 2. The van der Waals surface area contributed by atoms with Crippen LogP contribution in [0.15, 0.2) is 29.2 Å². The molecule has 1 fully saturated rings. The van der Waals surface area contributed by atoms with Gasteiger partial charge in [0.25, 0.3) is 0 Å². The van der Waals surface area contributed by atoms with Crippen molar-refractivity contribution in [3.05, 3.63) is 24.3 Å². The van der Waals surface area contributed by atoms with Gasteiger partial charge in [0.05, 0.1) is 11.0 Å². The van der Waals surface area contributed by atoms with Crippen LogP contribution in [0.2, 0.25) is 0 Å². The highest BCUT2D eigenvalue weighted by atomic mass is 32.2. The normalized spacial score (nSPS) is 25.2. The van der Waals surface area contributed by atoms with Gasteiger partial charge in [-0.15, -0.1) is 0 Å². The number of aliphatic hydroxyl groups excluding tert-OH is 1. The molecule has 1 aliphatic heterocycles. The fourth-order valence-corrected chi connectivity index (χ4v) is 2.73. The van der Waals surface area contributed by atoms with Gasteiger partial charge < -0.3 is 10.0 Å². The Morgan fingerprint density at radius 2 is 1.94 bits per heavy atom. The van der Waals surface area contributed by atoms with Gasteiger partial charge >= 0.3 is 0 Å². The molecule has 1 saturated heterocycles. The molecular formula is C12H18N2O3S. The second kappa shape index (κ2) is 4.87. The first-order valence-electron chi connectivity index (χ1n) is 5.94. The van der Waals surface area contributed by atoms with Crippen molar-refractivity contribution in [3.8, 4) is 0 Å². The lowest BCUT2D eigenvalue weighted by Gasteiger charge is -2.36. The lowest BCUT2D eigenvalue weighted by molar-refractivity contribution is 0.0971. The van der Waals surface area contributed by atoms with Crippen molar-refractivity contribution in [2.75, 3.05) is 18.0 Å². The third-order valence-electron chi connectivity index (χ3n) is 3.39. The van der Waals surface area contributed by atoms with E-state index >= 15 is 0 Å². The zero-order valence-electron chi connectivity index (χ0n) is 10.3. The van der Waals surface area contributed by atoms with Crippen molar-refractivity contribution in [3.63, 3.8) is 0 Å². The van der Waals surface area contributed by atoms with E-state index in [1.165, 1.54) is 12.1 Å². The summed E-state index contributed by atoms with van der Waals surface area (Å²) in [6.45, 7) is 3.56. The molecule has 0 saturated carbocycles. The zero-order valence-corrected chi connectivity index (χ0v) is 11.1. The molecule has 3 N–H and O–H groups in total. The number of sulfonamides is 1. The van der Waals surface area contributed by atoms with Crippen LogP contribution in [0.5, 0.6) is 0 Å². The summed E-state index contributed by atoms with van der Waals surface area (Å²) in [4.78, 5) is 2.26. The monoisotopic (exact) mass is 270 g/mol. The molecular weight excluding hydrogens is 252 g/mol. The highest BCUT2D eigenvalue weighted by Crippen LogP contribution is 2.24. The fraction of sp³-hybridized carbons (Fsp3) is 0.500. The van der Waals surface area contributed by atoms with Crippen molar-refractivity contribution in [2.45, 2.75) is 24.3 Å². The molecule has 2 unspecified atom stereocenters. The smallest absolute Gasteiger partial charge is 0.238 e. The Bertz CT molecular complexity index is 513. The quantitative estimate of drug-likeness (QED) is 0.821. The number of nitrogens with two attached hydrogens (primary N) is 1. The first kappa shape index (κ1) is 13.3. The first-order chi connectivity index (χ1) is 8.38. The van der Waals surface area contributed by atoms with Crippen molar-refractivity contribution < 1.29 is 13.5 Å². The predicted octanol–water partition coefficient (Wildman–Crippen LogP) is 0.541. The van der Waals surface area contributed by atoms with Crippen molar-refractivity contribution >= 4 is 15.7 Å². The standard InChI is InChI=1S/C12H18N2O3S/c1-9-8-14(7-6-12(9)15)10-2-4-11(5-3-10)18(13,16)17/h2-5,9,12,15H,6-8H2,1H3,(H2,13,16,17). The predicted molar refractivity (Wildman–Crippen MR) is 69.8 cm³/mol. The molecule has 6 heteroatoms. The number of primary sulfonamides is 1. The maximum Gasteiger partial charge on any atom is 0.238 e. The van der Waals surface area contributed by atoms with Crippen molar-refractivity contribution in [2.24, 2.45) is 11.1 Å². The molecule has 0 aromatic heterocycles. The summed E-state index contributed by atoms with van der Waals surface area (Å²) in [5, 5.41) is 14.7. The van der Waals surface area contributed by atoms with Crippen LogP contribution < -0.4 is 10.0 Å².